The molecular formula is C32H31Cl2N3O7. The van der Waals surface area contributed by atoms with Crippen LogP contribution in [0.2, 0.25) is 0 Å². The van der Waals surface area contributed by atoms with E-state index in [9.17, 15) is 9.59 Å². The van der Waals surface area contributed by atoms with E-state index in [1.807, 2.05) is 6.07 Å². The highest BCUT2D eigenvalue weighted by molar-refractivity contribution is 6.09. The lowest BCUT2D eigenvalue weighted by molar-refractivity contribution is 0.0591. The summed E-state index contributed by atoms with van der Waals surface area (Å²) in [6.07, 6.45) is 3.36. The highest BCUT2D eigenvalue weighted by Gasteiger charge is 2.28. The van der Waals surface area contributed by atoms with Gasteiger partial charge in [0.25, 0.3) is 5.56 Å². The molecule has 0 spiro atoms. The number of anilines is 1. The Labute approximate surface area is 266 Å². The van der Waals surface area contributed by atoms with E-state index in [0.717, 1.165) is 5.56 Å². The SMILES string of the molecule is COC(=O)c1c(-c2cc(OC)c(OC)c(OC)c2)c2cccc(OCc3cccnc3)c2c(=O)n1-c1ccc(N)cc1.Cl.Cl. The van der Waals surface area contributed by atoms with Gasteiger partial charge in [0.1, 0.15) is 18.1 Å². The number of nitrogen functional groups attached to an aromatic ring is 1. The largest absolute Gasteiger partial charge is 0.493 e. The average Bonchev–Trinajstić information content (AvgIpc) is 3.03. The molecule has 3 aromatic carbocycles. The molecule has 0 radical (unpaired) electrons. The van der Waals surface area contributed by atoms with Gasteiger partial charge >= 0.3 is 5.97 Å². The van der Waals surface area contributed by atoms with Gasteiger partial charge in [-0.15, -0.1) is 24.8 Å². The molecule has 0 aliphatic heterocycles. The van der Waals surface area contributed by atoms with E-state index in [-0.39, 0.29) is 42.5 Å². The zero-order chi connectivity index (χ0) is 29.8. The molecule has 12 heteroatoms. The number of methoxy groups -OCH3 is 4. The summed E-state index contributed by atoms with van der Waals surface area (Å²) in [5.74, 6) is 0.710. The molecule has 2 aromatic heterocycles. The number of pyridine rings is 2. The number of halogens is 2. The van der Waals surface area contributed by atoms with E-state index in [0.29, 0.717) is 50.9 Å². The van der Waals surface area contributed by atoms with Gasteiger partial charge in [0, 0.05) is 40.3 Å². The first kappa shape index (κ1) is 33.6. The number of hydrogen-bond acceptors (Lipinski definition) is 9. The number of ether oxygens (including phenoxy) is 5. The Balaban J connectivity index is 0.00000264. The van der Waals surface area contributed by atoms with Gasteiger partial charge in [-0.2, -0.15) is 0 Å². The van der Waals surface area contributed by atoms with Crippen molar-refractivity contribution in [1.82, 2.24) is 9.55 Å². The van der Waals surface area contributed by atoms with Gasteiger partial charge in [0.15, 0.2) is 11.5 Å². The molecule has 0 saturated carbocycles. The van der Waals surface area contributed by atoms with Crippen LogP contribution in [0.25, 0.3) is 27.6 Å². The quantitative estimate of drug-likeness (QED) is 0.156. The standard InChI is InChI=1S/C32H29N3O7.2ClH/c1-38-25-15-20(16-26(39-2)30(25)40-3)27-23-8-5-9-24(42-18-19-7-6-14-34-17-19)28(23)31(36)35(29(27)32(37)41-4)22-12-10-21(33)11-13-22;;/h5-17H,18,33H2,1-4H3;2*1H. The van der Waals surface area contributed by atoms with E-state index in [2.05, 4.69) is 4.98 Å². The third-order valence-corrected chi connectivity index (χ3v) is 6.77. The Kier molecular flexibility index (Phi) is 11.1. The number of benzene rings is 3. The molecule has 230 valence electrons. The second-order valence-corrected chi connectivity index (χ2v) is 9.19. The van der Waals surface area contributed by atoms with E-state index in [1.165, 1.54) is 33.0 Å². The van der Waals surface area contributed by atoms with Crippen LogP contribution in [0.3, 0.4) is 0 Å². The topological polar surface area (TPSA) is 124 Å². The Bertz CT molecular complexity index is 1800. The predicted octanol–water partition coefficient (Wildman–Crippen LogP) is 5.87. The van der Waals surface area contributed by atoms with Gasteiger partial charge in [-0.05, 0) is 54.1 Å². The van der Waals surface area contributed by atoms with Crippen molar-refractivity contribution in [3.63, 3.8) is 0 Å². The number of esters is 1. The molecule has 5 rings (SSSR count). The van der Waals surface area contributed by atoms with Crippen molar-refractivity contribution < 1.29 is 28.5 Å². The number of hydrogen-bond donors (Lipinski definition) is 1. The van der Waals surface area contributed by atoms with E-state index < -0.39 is 11.5 Å². The van der Waals surface area contributed by atoms with Crippen LogP contribution >= 0.6 is 24.8 Å². The molecule has 2 heterocycles. The van der Waals surface area contributed by atoms with Crippen LogP contribution in [0.4, 0.5) is 5.69 Å². The van der Waals surface area contributed by atoms with Crippen molar-refractivity contribution in [2.24, 2.45) is 0 Å². The third-order valence-electron chi connectivity index (χ3n) is 6.77. The molecule has 0 unspecified atom stereocenters. The second-order valence-electron chi connectivity index (χ2n) is 9.19. The lowest BCUT2D eigenvalue weighted by atomic mass is 9.95. The van der Waals surface area contributed by atoms with Crippen LogP contribution in [0.5, 0.6) is 23.0 Å². The summed E-state index contributed by atoms with van der Waals surface area (Å²) < 4.78 is 29.5. The summed E-state index contributed by atoms with van der Waals surface area (Å²) in [5, 5.41) is 0.722. The van der Waals surface area contributed by atoms with Crippen LogP contribution in [-0.4, -0.2) is 44.0 Å². The zero-order valence-electron chi connectivity index (χ0n) is 24.4. The Morgan fingerprint density at radius 3 is 2.11 bits per heavy atom. The molecule has 0 saturated heterocycles. The highest BCUT2D eigenvalue weighted by Crippen LogP contribution is 2.44. The maximum atomic E-state index is 14.4. The van der Waals surface area contributed by atoms with Gasteiger partial charge in [-0.3, -0.25) is 14.3 Å². The molecular weight excluding hydrogens is 609 g/mol. The monoisotopic (exact) mass is 639 g/mol. The minimum absolute atomic E-state index is 0. The summed E-state index contributed by atoms with van der Waals surface area (Å²) in [4.78, 5) is 32.1. The van der Waals surface area contributed by atoms with Gasteiger partial charge in [-0.1, -0.05) is 18.2 Å². The molecule has 0 aliphatic carbocycles. The Hall–Kier alpha value is -4.93. The summed E-state index contributed by atoms with van der Waals surface area (Å²) >= 11 is 0. The maximum absolute atomic E-state index is 14.4. The van der Waals surface area contributed by atoms with Gasteiger partial charge < -0.3 is 29.4 Å². The van der Waals surface area contributed by atoms with E-state index >= 15 is 0 Å². The van der Waals surface area contributed by atoms with Crippen molar-refractivity contribution in [3.8, 4) is 39.8 Å². The molecule has 0 amide bonds. The zero-order valence-corrected chi connectivity index (χ0v) is 26.0. The highest BCUT2D eigenvalue weighted by atomic mass is 35.5. The number of carbonyl (C=O) groups is 1. The van der Waals surface area contributed by atoms with Crippen molar-refractivity contribution >= 4 is 47.2 Å². The van der Waals surface area contributed by atoms with Gasteiger partial charge in [0.2, 0.25) is 5.75 Å². The number of nitrogens with zero attached hydrogens (tertiary/aromatic N) is 2. The number of rotatable bonds is 9. The molecule has 0 atom stereocenters. The minimum atomic E-state index is -0.726. The van der Waals surface area contributed by atoms with Crippen LogP contribution in [0.15, 0.2) is 83.9 Å². The minimum Gasteiger partial charge on any atom is -0.493 e. The van der Waals surface area contributed by atoms with E-state index in [4.69, 9.17) is 29.4 Å². The normalized spacial score (nSPS) is 10.3. The Morgan fingerprint density at radius 2 is 1.55 bits per heavy atom. The lowest BCUT2D eigenvalue weighted by Gasteiger charge is -2.21. The first-order valence-electron chi connectivity index (χ1n) is 12.9. The molecule has 5 aromatic rings. The molecule has 44 heavy (non-hydrogen) atoms. The second kappa shape index (κ2) is 14.5. The summed E-state index contributed by atoms with van der Waals surface area (Å²) in [7, 11) is 5.76. The molecule has 2 N–H and O–H groups in total. The third kappa shape index (κ3) is 6.22. The molecule has 0 fully saturated rings. The van der Waals surface area contributed by atoms with E-state index in [1.54, 1.807) is 73.1 Å². The number of fused-ring (bicyclic) bond motifs is 1. The molecule has 10 nitrogen and oxygen atoms in total. The first-order chi connectivity index (χ1) is 20.4. The number of nitrogens with two attached hydrogens (primary N) is 1. The lowest BCUT2D eigenvalue weighted by Crippen LogP contribution is -2.27. The maximum Gasteiger partial charge on any atom is 0.355 e. The molecule has 0 bridgehead atoms. The summed E-state index contributed by atoms with van der Waals surface area (Å²) in [5.41, 5.74) is 8.11. The number of carbonyl (C=O) groups excluding carboxylic acids is 1. The van der Waals surface area contributed by atoms with Crippen molar-refractivity contribution in [1.29, 1.82) is 0 Å². The average molecular weight is 641 g/mol. The van der Waals surface area contributed by atoms with Crippen molar-refractivity contribution in [3.05, 3.63) is 101 Å². The van der Waals surface area contributed by atoms with Gasteiger partial charge in [-0.25, -0.2) is 4.79 Å². The fourth-order valence-electron chi connectivity index (χ4n) is 4.86. The van der Waals surface area contributed by atoms with Crippen LogP contribution in [-0.2, 0) is 11.3 Å². The summed E-state index contributed by atoms with van der Waals surface area (Å²) in [6, 6.07) is 19.0. The smallest absolute Gasteiger partial charge is 0.355 e. The van der Waals surface area contributed by atoms with Crippen LogP contribution < -0.4 is 30.2 Å². The Morgan fingerprint density at radius 1 is 0.864 bits per heavy atom. The fourth-order valence-corrected chi connectivity index (χ4v) is 4.86. The predicted molar refractivity (Wildman–Crippen MR) is 173 cm³/mol. The summed E-state index contributed by atoms with van der Waals surface area (Å²) in [6.45, 7) is 0.173. The van der Waals surface area contributed by atoms with Crippen molar-refractivity contribution in [2.75, 3.05) is 34.2 Å². The molecule has 0 aliphatic rings. The fraction of sp³-hybridized carbons (Fsp3) is 0.156. The van der Waals surface area contributed by atoms with Crippen molar-refractivity contribution in [2.45, 2.75) is 6.61 Å². The first-order valence-corrected chi connectivity index (χ1v) is 12.9. The van der Waals surface area contributed by atoms with Crippen LogP contribution in [0.1, 0.15) is 16.1 Å². The number of aromatic nitrogens is 2. The van der Waals surface area contributed by atoms with Gasteiger partial charge in [0.05, 0.1) is 33.8 Å². The van der Waals surface area contributed by atoms with Crippen LogP contribution in [0, 0.1) is 0 Å².